The van der Waals surface area contributed by atoms with E-state index in [1.165, 1.54) is 0 Å². The highest BCUT2D eigenvalue weighted by atomic mass is 32.2. The number of carbonyl (C=O) groups is 1. The molecular formula is C26H32N2O7S. The average Bonchev–Trinajstić information content (AvgIpc) is 3.17. The number of rotatable bonds is 10. The van der Waals surface area contributed by atoms with E-state index in [0.29, 0.717) is 35.9 Å². The van der Waals surface area contributed by atoms with E-state index in [1.807, 2.05) is 61.5 Å². The van der Waals surface area contributed by atoms with Crippen LogP contribution in [0.4, 0.5) is 4.79 Å². The van der Waals surface area contributed by atoms with Crippen LogP contribution in [0, 0.1) is 6.92 Å². The summed E-state index contributed by atoms with van der Waals surface area (Å²) in [5.74, 6) is 1.90. The zero-order valence-corrected chi connectivity index (χ0v) is 21.7. The highest BCUT2D eigenvalue weighted by Crippen LogP contribution is 2.23. The van der Waals surface area contributed by atoms with E-state index in [0.717, 1.165) is 11.1 Å². The van der Waals surface area contributed by atoms with Crippen molar-refractivity contribution in [1.82, 2.24) is 10.3 Å². The lowest BCUT2D eigenvalue weighted by Gasteiger charge is -2.22. The van der Waals surface area contributed by atoms with Crippen molar-refractivity contribution in [1.29, 1.82) is 0 Å². The van der Waals surface area contributed by atoms with Crippen LogP contribution in [-0.4, -0.2) is 35.0 Å². The Hall–Kier alpha value is -3.37. The number of amides is 1. The number of oxazole rings is 1. The quantitative estimate of drug-likeness (QED) is 0.348. The molecule has 0 fully saturated rings. The smallest absolute Gasteiger partial charge is 0.408 e. The van der Waals surface area contributed by atoms with Crippen LogP contribution >= 0.6 is 0 Å². The molecule has 0 saturated carbocycles. The van der Waals surface area contributed by atoms with Gasteiger partial charge in [0.05, 0.1) is 0 Å². The first-order valence-electron chi connectivity index (χ1n) is 11.6. The minimum absolute atomic E-state index is 0.0332. The first-order chi connectivity index (χ1) is 16.9. The van der Waals surface area contributed by atoms with Crippen molar-refractivity contribution in [3.05, 3.63) is 71.6 Å². The molecule has 1 atom stereocenters. The molecule has 1 aromatic heterocycles. The van der Waals surface area contributed by atoms with Gasteiger partial charge in [0, 0.05) is 5.56 Å². The third kappa shape index (κ3) is 8.39. The van der Waals surface area contributed by atoms with Gasteiger partial charge in [0.15, 0.2) is 5.37 Å². The average molecular weight is 517 g/mol. The van der Waals surface area contributed by atoms with Crippen molar-refractivity contribution in [3.8, 4) is 17.2 Å². The van der Waals surface area contributed by atoms with Crippen LogP contribution in [0.15, 0.2) is 59.0 Å². The number of nitrogens with zero attached hydrogens (tertiary/aromatic N) is 1. The number of aromatic nitrogens is 1. The number of nitrogens with one attached hydrogen (secondary N) is 1. The Morgan fingerprint density at radius 2 is 1.78 bits per heavy atom. The standard InChI is InChI=1S/C26H32N2O7S/c1-18-22(27-24(34-18)20-10-6-5-7-11-20)17-33-21-15-13-19(14-16-21)9-8-12-23(36(30,31)32)28-25(29)35-26(2,3)4/h5-7,10-11,13-16,23H,8-9,12,17H2,1-4H3,(H,28,29)(H,30,31,32). The van der Waals surface area contributed by atoms with Gasteiger partial charge in [-0.05, 0) is 76.8 Å². The van der Waals surface area contributed by atoms with Crippen LogP contribution in [-0.2, 0) is 27.9 Å². The van der Waals surface area contributed by atoms with Crippen LogP contribution in [0.3, 0.4) is 0 Å². The highest BCUT2D eigenvalue weighted by Gasteiger charge is 2.27. The molecule has 0 aliphatic rings. The number of aryl methyl sites for hydroxylation is 2. The van der Waals surface area contributed by atoms with Gasteiger partial charge in [0.2, 0.25) is 5.89 Å². The highest BCUT2D eigenvalue weighted by molar-refractivity contribution is 7.86. The second-order valence-corrected chi connectivity index (χ2v) is 11.0. The Labute approximate surface area is 211 Å². The molecule has 1 heterocycles. The van der Waals surface area contributed by atoms with Crippen LogP contribution in [0.5, 0.6) is 5.75 Å². The van der Waals surface area contributed by atoms with E-state index >= 15 is 0 Å². The minimum Gasteiger partial charge on any atom is -0.487 e. The molecule has 0 saturated heterocycles. The molecule has 0 aliphatic heterocycles. The summed E-state index contributed by atoms with van der Waals surface area (Å²) in [6.45, 7) is 7.10. The molecule has 2 aromatic carbocycles. The van der Waals surface area contributed by atoms with Crippen molar-refractivity contribution in [2.24, 2.45) is 0 Å². The van der Waals surface area contributed by atoms with Gasteiger partial charge in [-0.2, -0.15) is 8.42 Å². The second kappa shape index (κ2) is 11.6. The van der Waals surface area contributed by atoms with Crippen molar-refractivity contribution in [3.63, 3.8) is 0 Å². The van der Waals surface area contributed by atoms with Gasteiger partial charge in [-0.25, -0.2) is 9.78 Å². The fourth-order valence-electron chi connectivity index (χ4n) is 3.40. The number of benzene rings is 2. The summed E-state index contributed by atoms with van der Waals surface area (Å²) in [6, 6.07) is 17.0. The van der Waals surface area contributed by atoms with Gasteiger partial charge in [0.1, 0.15) is 29.4 Å². The summed E-state index contributed by atoms with van der Waals surface area (Å²) in [7, 11) is -4.48. The topological polar surface area (TPSA) is 128 Å². The van der Waals surface area contributed by atoms with Gasteiger partial charge < -0.3 is 19.2 Å². The van der Waals surface area contributed by atoms with E-state index in [1.54, 1.807) is 20.8 Å². The van der Waals surface area contributed by atoms with E-state index < -0.39 is 27.2 Å². The fourth-order valence-corrected chi connectivity index (χ4v) is 4.11. The SMILES string of the molecule is Cc1oc(-c2ccccc2)nc1COc1ccc(CCCC(NC(=O)OC(C)(C)C)S(=O)(=O)O)cc1. The molecule has 1 unspecified atom stereocenters. The van der Waals surface area contributed by atoms with Crippen LogP contribution in [0.25, 0.3) is 11.5 Å². The van der Waals surface area contributed by atoms with Gasteiger partial charge in [-0.3, -0.25) is 4.55 Å². The summed E-state index contributed by atoms with van der Waals surface area (Å²) in [4.78, 5) is 16.4. The lowest BCUT2D eigenvalue weighted by atomic mass is 10.1. The minimum atomic E-state index is -4.48. The molecule has 3 aromatic rings. The molecule has 2 N–H and O–H groups in total. The predicted octanol–water partition coefficient (Wildman–Crippen LogP) is 5.29. The van der Waals surface area contributed by atoms with Crippen molar-refractivity contribution < 1.29 is 31.7 Å². The molecule has 3 rings (SSSR count). The maximum absolute atomic E-state index is 11.9. The molecule has 36 heavy (non-hydrogen) atoms. The third-order valence-corrected chi connectivity index (χ3v) is 6.25. The van der Waals surface area contributed by atoms with Gasteiger partial charge in [-0.1, -0.05) is 30.3 Å². The van der Waals surface area contributed by atoms with Crippen LogP contribution in [0.1, 0.15) is 50.6 Å². The molecule has 10 heteroatoms. The first-order valence-corrected chi connectivity index (χ1v) is 13.1. The van der Waals surface area contributed by atoms with E-state index in [2.05, 4.69) is 10.3 Å². The monoisotopic (exact) mass is 516 g/mol. The zero-order valence-electron chi connectivity index (χ0n) is 20.9. The number of alkyl carbamates (subject to hydrolysis) is 1. The van der Waals surface area contributed by atoms with E-state index in [-0.39, 0.29) is 13.0 Å². The number of carbonyl (C=O) groups excluding carboxylic acids is 1. The fraction of sp³-hybridized carbons (Fsp3) is 0.385. The third-order valence-electron chi connectivity index (χ3n) is 5.18. The van der Waals surface area contributed by atoms with Crippen molar-refractivity contribution >= 4 is 16.2 Å². The summed E-state index contributed by atoms with van der Waals surface area (Å²) in [5, 5.41) is 0.782. The number of hydrogen-bond donors (Lipinski definition) is 2. The molecular weight excluding hydrogens is 484 g/mol. The van der Waals surface area contributed by atoms with Gasteiger partial charge in [0.25, 0.3) is 10.1 Å². The number of ether oxygens (including phenoxy) is 2. The largest absolute Gasteiger partial charge is 0.487 e. The number of hydrogen-bond acceptors (Lipinski definition) is 7. The summed E-state index contributed by atoms with van der Waals surface area (Å²) in [6.07, 6.45) is 0.0992. The Kier molecular flexibility index (Phi) is 8.75. The van der Waals surface area contributed by atoms with Crippen molar-refractivity contribution in [2.45, 2.75) is 64.5 Å². The van der Waals surface area contributed by atoms with Crippen molar-refractivity contribution in [2.75, 3.05) is 0 Å². The Morgan fingerprint density at radius 1 is 1.11 bits per heavy atom. The summed E-state index contributed by atoms with van der Waals surface area (Å²) >= 11 is 0. The molecule has 194 valence electrons. The molecule has 0 spiro atoms. The first kappa shape index (κ1) is 27.2. The molecule has 9 nitrogen and oxygen atoms in total. The summed E-state index contributed by atoms with van der Waals surface area (Å²) < 4.78 is 49.5. The van der Waals surface area contributed by atoms with E-state index in [9.17, 15) is 17.8 Å². The lowest BCUT2D eigenvalue weighted by molar-refractivity contribution is 0.0516. The Morgan fingerprint density at radius 3 is 2.39 bits per heavy atom. The van der Waals surface area contributed by atoms with E-state index in [4.69, 9.17) is 13.9 Å². The van der Waals surface area contributed by atoms with Gasteiger partial charge >= 0.3 is 6.09 Å². The second-order valence-electron chi connectivity index (χ2n) is 9.36. The molecule has 0 bridgehead atoms. The molecule has 0 aliphatic carbocycles. The predicted molar refractivity (Wildman–Crippen MR) is 135 cm³/mol. The Balaban J connectivity index is 1.50. The normalized spacial score (nSPS) is 12.7. The lowest BCUT2D eigenvalue weighted by Crippen LogP contribution is -2.43. The zero-order chi connectivity index (χ0) is 26.3. The maximum Gasteiger partial charge on any atom is 0.408 e. The van der Waals surface area contributed by atoms with Crippen LogP contribution < -0.4 is 10.1 Å². The molecule has 0 radical (unpaired) electrons. The van der Waals surface area contributed by atoms with Crippen LogP contribution in [0.2, 0.25) is 0 Å². The van der Waals surface area contributed by atoms with Gasteiger partial charge in [-0.15, -0.1) is 0 Å². The summed E-state index contributed by atoms with van der Waals surface area (Å²) in [5.41, 5.74) is 1.78. The maximum atomic E-state index is 11.9. The Bertz CT molecular complexity index is 1250. The molecule has 1 amide bonds.